The molecule has 0 aliphatic rings. The van der Waals surface area contributed by atoms with Gasteiger partial charge >= 0.3 is 0 Å². The normalized spacial score (nSPS) is 12.1. The van der Waals surface area contributed by atoms with Crippen molar-refractivity contribution in [2.24, 2.45) is 0 Å². The van der Waals surface area contributed by atoms with Crippen LogP contribution in [0.5, 0.6) is 5.75 Å². The molecule has 9 rings (SSSR count). The Hall–Kier alpha value is -6.97. The molecule has 0 unspecified atom stereocenters. The average molecular weight is 743 g/mol. The van der Waals surface area contributed by atoms with Crippen molar-refractivity contribution < 1.29 is 9.52 Å². The number of hydrogen-bond donors (Lipinski definition) is 1. The summed E-state index contributed by atoms with van der Waals surface area (Å²) in [5.74, 6) is 0.890. The van der Waals surface area contributed by atoms with Crippen molar-refractivity contribution in [3.63, 3.8) is 0 Å². The number of hydrogen-bond acceptors (Lipinski definition) is 5. The predicted octanol–water partition coefficient (Wildman–Crippen LogP) is 13.2. The average Bonchev–Trinajstić information content (AvgIpc) is 3.79. The summed E-state index contributed by atoms with van der Waals surface area (Å²) in [6.07, 6.45) is 1.78. The van der Waals surface area contributed by atoms with Crippen molar-refractivity contribution >= 4 is 33.0 Å². The van der Waals surface area contributed by atoms with Gasteiger partial charge in [0, 0.05) is 44.9 Å². The summed E-state index contributed by atoms with van der Waals surface area (Å²) in [5, 5.41) is 24.4. The Bertz CT molecular complexity index is 3040. The summed E-state index contributed by atoms with van der Waals surface area (Å²) >= 11 is 0. The van der Waals surface area contributed by atoms with Crippen molar-refractivity contribution in [2.45, 2.75) is 52.4 Å². The van der Waals surface area contributed by atoms with Crippen molar-refractivity contribution in [3.05, 3.63) is 156 Å². The number of phenols is 1. The number of pyridine rings is 1. The van der Waals surface area contributed by atoms with Crippen LogP contribution in [0.2, 0.25) is 0 Å². The largest absolute Gasteiger partial charge is 0.507 e. The maximum Gasteiger partial charge on any atom is 0.149 e. The minimum absolute atomic E-state index is 0.172. The first-order valence-electron chi connectivity index (χ1n) is 19.3. The molecule has 6 aromatic carbocycles. The van der Waals surface area contributed by atoms with E-state index in [-0.39, 0.29) is 16.6 Å². The van der Waals surface area contributed by atoms with Crippen LogP contribution in [0.25, 0.3) is 83.6 Å². The highest BCUT2D eigenvalue weighted by Crippen LogP contribution is 2.46. The minimum Gasteiger partial charge on any atom is -0.507 e. The Labute approximate surface area is 332 Å². The van der Waals surface area contributed by atoms with Gasteiger partial charge in [0.1, 0.15) is 22.7 Å². The summed E-state index contributed by atoms with van der Waals surface area (Å²) in [5.41, 5.74) is 11.8. The molecule has 0 spiro atoms. The molecule has 57 heavy (non-hydrogen) atoms. The summed E-state index contributed by atoms with van der Waals surface area (Å²) in [4.78, 5) is 10.4. The molecular formula is C51H42N4O2. The molecule has 0 radical (unpaired) electrons. The Morgan fingerprint density at radius 1 is 0.649 bits per heavy atom. The molecule has 0 aliphatic heterocycles. The lowest BCUT2D eigenvalue weighted by molar-refractivity contribution is 0.446. The van der Waals surface area contributed by atoms with Gasteiger partial charge in [0.15, 0.2) is 0 Å². The summed E-state index contributed by atoms with van der Waals surface area (Å²) in [7, 11) is 0. The second kappa shape index (κ2) is 13.4. The van der Waals surface area contributed by atoms with Crippen molar-refractivity contribution in [1.82, 2.24) is 14.5 Å². The third-order valence-corrected chi connectivity index (χ3v) is 10.9. The topological polar surface area (TPSA) is 87.9 Å². The number of nitrogens with zero attached hydrogens (tertiary/aromatic N) is 4. The standard InChI is InChI=1S/C51H42N4O2/c1-50(2,3)34-27-40(47(56)42(28-34)51(4,5)6)49-54-46-36(21-15-22-44(46)55(49)35-18-11-8-12-19-35)32-24-38-37-20-13-14-23-45(37)57-48(38)39(25-32)43-26-33(29-52)41(30-53-43)31-16-9-7-10-17-31/h7-28,30,56H,1-6H3. The number of benzene rings is 6. The number of imidazole rings is 1. The second-order valence-corrected chi connectivity index (χ2v) is 16.8. The molecule has 6 heteroatoms. The van der Waals surface area contributed by atoms with Crippen molar-refractivity contribution in [2.75, 3.05) is 0 Å². The highest BCUT2D eigenvalue weighted by molar-refractivity contribution is 6.12. The van der Waals surface area contributed by atoms with Crippen LogP contribution in [0.1, 0.15) is 58.2 Å². The van der Waals surface area contributed by atoms with Crippen LogP contribution in [0, 0.1) is 11.3 Å². The molecule has 278 valence electrons. The first kappa shape index (κ1) is 35.7. The van der Waals surface area contributed by atoms with Gasteiger partial charge in [-0.25, -0.2) is 4.98 Å². The van der Waals surface area contributed by atoms with E-state index < -0.39 is 0 Å². The van der Waals surface area contributed by atoms with Crippen molar-refractivity contribution in [1.29, 1.82) is 5.26 Å². The number of fused-ring (bicyclic) bond motifs is 4. The van der Waals surface area contributed by atoms with Gasteiger partial charge in [-0.15, -0.1) is 0 Å². The van der Waals surface area contributed by atoms with Gasteiger partial charge in [-0.1, -0.05) is 126 Å². The number of para-hydroxylation sites is 3. The van der Waals surface area contributed by atoms with E-state index in [2.05, 4.69) is 113 Å². The highest BCUT2D eigenvalue weighted by atomic mass is 16.3. The fraction of sp³-hybridized carbons (Fsp3) is 0.157. The highest BCUT2D eigenvalue weighted by Gasteiger charge is 2.29. The van der Waals surface area contributed by atoms with Crippen LogP contribution in [-0.2, 0) is 10.8 Å². The third-order valence-electron chi connectivity index (χ3n) is 10.9. The molecule has 0 saturated heterocycles. The first-order chi connectivity index (χ1) is 27.4. The molecule has 0 amide bonds. The monoisotopic (exact) mass is 742 g/mol. The lowest BCUT2D eigenvalue weighted by atomic mass is 9.79. The molecule has 1 N–H and O–H groups in total. The number of nitriles is 1. The molecule has 6 nitrogen and oxygen atoms in total. The van der Waals surface area contributed by atoms with Gasteiger partial charge in [-0.2, -0.15) is 5.26 Å². The fourth-order valence-electron chi connectivity index (χ4n) is 7.88. The minimum atomic E-state index is -0.313. The molecule has 3 aromatic heterocycles. The van der Waals surface area contributed by atoms with Gasteiger partial charge in [-0.3, -0.25) is 9.55 Å². The van der Waals surface area contributed by atoms with E-state index >= 15 is 0 Å². The lowest BCUT2D eigenvalue weighted by Crippen LogP contribution is -2.17. The van der Waals surface area contributed by atoms with Gasteiger partial charge < -0.3 is 9.52 Å². The Balaban J connectivity index is 1.33. The van der Waals surface area contributed by atoms with Crippen LogP contribution in [0.4, 0.5) is 0 Å². The second-order valence-electron chi connectivity index (χ2n) is 16.8. The molecule has 0 saturated carbocycles. The number of furan rings is 1. The quantitative estimate of drug-likeness (QED) is 0.190. The molecule has 0 aliphatic carbocycles. The third kappa shape index (κ3) is 6.13. The zero-order valence-electron chi connectivity index (χ0n) is 32.9. The van der Waals surface area contributed by atoms with Crippen LogP contribution in [0.15, 0.2) is 144 Å². The van der Waals surface area contributed by atoms with Gasteiger partial charge in [0.05, 0.1) is 33.9 Å². The Morgan fingerprint density at radius 3 is 2.09 bits per heavy atom. The van der Waals surface area contributed by atoms with E-state index in [0.29, 0.717) is 28.2 Å². The van der Waals surface area contributed by atoms with E-state index in [0.717, 1.165) is 72.0 Å². The lowest BCUT2D eigenvalue weighted by Gasteiger charge is -2.27. The van der Waals surface area contributed by atoms with Crippen LogP contribution >= 0.6 is 0 Å². The summed E-state index contributed by atoms with van der Waals surface area (Å²) in [6, 6.07) is 47.1. The predicted molar refractivity (Wildman–Crippen MR) is 232 cm³/mol. The number of aromatic hydroxyl groups is 1. The van der Waals surface area contributed by atoms with E-state index in [1.165, 1.54) is 0 Å². The first-order valence-corrected chi connectivity index (χ1v) is 19.3. The molecule has 3 heterocycles. The van der Waals surface area contributed by atoms with Gasteiger partial charge in [0.25, 0.3) is 0 Å². The van der Waals surface area contributed by atoms with E-state index in [9.17, 15) is 10.4 Å². The van der Waals surface area contributed by atoms with E-state index in [4.69, 9.17) is 14.4 Å². The van der Waals surface area contributed by atoms with E-state index in [1.54, 1.807) is 6.20 Å². The molecule has 0 bridgehead atoms. The number of rotatable bonds is 5. The fourth-order valence-corrected chi connectivity index (χ4v) is 7.88. The molecule has 9 aromatic rings. The summed E-state index contributed by atoms with van der Waals surface area (Å²) in [6.45, 7) is 13.0. The van der Waals surface area contributed by atoms with E-state index in [1.807, 2.05) is 72.8 Å². The van der Waals surface area contributed by atoms with Crippen LogP contribution < -0.4 is 0 Å². The number of phenolic OH excluding ortho intramolecular Hbond substituents is 1. The summed E-state index contributed by atoms with van der Waals surface area (Å²) < 4.78 is 8.72. The van der Waals surface area contributed by atoms with Gasteiger partial charge in [-0.05, 0) is 76.1 Å². The Morgan fingerprint density at radius 2 is 1.37 bits per heavy atom. The molecular weight excluding hydrogens is 701 g/mol. The van der Waals surface area contributed by atoms with Crippen molar-refractivity contribution in [3.8, 4) is 62.4 Å². The smallest absolute Gasteiger partial charge is 0.149 e. The zero-order chi connectivity index (χ0) is 39.6. The number of aromatic nitrogens is 3. The Kier molecular flexibility index (Phi) is 8.37. The van der Waals surface area contributed by atoms with Crippen LogP contribution in [-0.4, -0.2) is 19.6 Å². The van der Waals surface area contributed by atoms with Crippen LogP contribution in [0.3, 0.4) is 0 Å². The maximum absolute atomic E-state index is 12.1. The molecule has 0 fully saturated rings. The SMILES string of the molecule is CC(C)(C)c1cc(-c2nc3c(-c4cc(-c5cc(C#N)c(-c6ccccc6)cn5)c5oc6ccccc6c5c4)cccc3n2-c2ccccc2)c(O)c(C(C)(C)C)c1. The zero-order valence-corrected chi connectivity index (χ0v) is 32.9. The molecule has 0 atom stereocenters. The van der Waals surface area contributed by atoms with Gasteiger partial charge in [0.2, 0.25) is 0 Å². The maximum atomic E-state index is 12.1.